The third kappa shape index (κ3) is 3.60. The normalized spacial score (nSPS) is 11.5. The number of carbonyl (C=O) groups is 1. The van der Waals surface area contributed by atoms with E-state index in [4.69, 9.17) is 16.3 Å². The van der Waals surface area contributed by atoms with Crippen LogP contribution >= 0.6 is 11.6 Å². The maximum absolute atomic E-state index is 12.2. The number of halogens is 1. The molecule has 0 unspecified atom stereocenters. The summed E-state index contributed by atoms with van der Waals surface area (Å²) in [5.74, 6) is 0.328. The SMILES string of the molecule is CC(C)(C)OC(=O)n1ncc2cc(Nc3ncnc(Cl)n3)ccc21. The number of benzene rings is 1. The Morgan fingerprint density at radius 1 is 1.29 bits per heavy atom. The molecule has 0 fully saturated rings. The van der Waals surface area contributed by atoms with E-state index in [0.717, 1.165) is 11.1 Å². The van der Waals surface area contributed by atoms with Crippen LogP contribution in [0.3, 0.4) is 0 Å². The lowest BCUT2D eigenvalue weighted by atomic mass is 10.2. The molecule has 1 N–H and O–H groups in total. The zero-order valence-corrected chi connectivity index (χ0v) is 14.1. The molecule has 0 aliphatic heterocycles. The molecule has 0 atom stereocenters. The van der Waals surface area contributed by atoms with Crippen molar-refractivity contribution in [3.05, 3.63) is 36.0 Å². The molecule has 2 aromatic heterocycles. The highest BCUT2D eigenvalue weighted by Crippen LogP contribution is 2.22. The van der Waals surface area contributed by atoms with Crippen LogP contribution in [0.2, 0.25) is 5.28 Å². The zero-order valence-electron chi connectivity index (χ0n) is 13.3. The lowest BCUT2D eigenvalue weighted by molar-refractivity contribution is 0.0523. The van der Waals surface area contributed by atoms with Gasteiger partial charge >= 0.3 is 6.09 Å². The van der Waals surface area contributed by atoms with Crippen molar-refractivity contribution in [1.29, 1.82) is 0 Å². The first-order chi connectivity index (χ1) is 11.3. The van der Waals surface area contributed by atoms with Crippen LogP contribution in [0.4, 0.5) is 16.4 Å². The number of hydrogen-bond acceptors (Lipinski definition) is 7. The molecule has 0 amide bonds. The molecular formula is C15H15ClN6O2. The van der Waals surface area contributed by atoms with Crippen molar-refractivity contribution in [2.75, 3.05) is 5.32 Å². The van der Waals surface area contributed by atoms with Gasteiger partial charge in [-0.25, -0.2) is 14.8 Å². The molecule has 2 heterocycles. The van der Waals surface area contributed by atoms with Gasteiger partial charge in [-0.2, -0.15) is 14.8 Å². The van der Waals surface area contributed by atoms with Gasteiger partial charge in [0.15, 0.2) is 0 Å². The van der Waals surface area contributed by atoms with E-state index in [-0.39, 0.29) is 5.28 Å². The van der Waals surface area contributed by atoms with E-state index in [2.05, 4.69) is 25.4 Å². The molecule has 0 spiro atoms. The molecule has 3 rings (SSSR count). The van der Waals surface area contributed by atoms with Gasteiger partial charge in [-0.1, -0.05) is 0 Å². The van der Waals surface area contributed by atoms with Crippen molar-refractivity contribution in [3.8, 4) is 0 Å². The number of anilines is 2. The second kappa shape index (κ2) is 6.04. The number of ether oxygens (including phenoxy) is 1. The molecular weight excluding hydrogens is 332 g/mol. The van der Waals surface area contributed by atoms with Gasteiger partial charge in [-0.05, 0) is 50.6 Å². The van der Waals surface area contributed by atoms with Crippen molar-refractivity contribution in [3.63, 3.8) is 0 Å². The minimum Gasteiger partial charge on any atom is -0.442 e. The Labute approximate surface area is 142 Å². The molecule has 0 aliphatic carbocycles. The van der Waals surface area contributed by atoms with Gasteiger partial charge in [0.2, 0.25) is 11.2 Å². The number of fused-ring (bicyclic) bond motifs is 1. The third-order valence-electron chi connectivity index (χ3n) is 2.93. The molecule has 0 aliphatic rings. The largest absolute Gasteiger partial charge is 0.442 e. The van der Waals surface area contributed by atoms with Crippen LogP contribution < -0.4 is 5.32 Å². The van der Waals surface area contributed by atoms with Crippen molar-refractivity contribution < 1.29 is 9.53 Å². The maximum atomic E-state index is 12.2. The minimum atomic E-state index is -0.588. The highest BCUT2D eigenvalue weighted by Gasteiger charge is 2.20. The van der Waals surface area contributed by atoms with Gasteiger partial charge in [0.25, 0.3) is 0 Å². The summed E-state index contributed by atoms with van der Waals surface area (Å²) in [6.45, 7) is 5.41. The molecule has 0 radical (unpaired) electrons. The lowest BCUT2D eigenvalue weighted by Crippen LogP contribution is -2.27. The first kappa shape index (κ1) is 16.1. The summed E-state index contributed by atoms with van der Waals surface area (Å²) >= 11 is 5.73. The van der Waals surface area contributed by atoms with Crippen molar-refractivity contribution >= 4 is 40.2 Å². The van der Waals surface area contributed by atoms with Crippen LogP contribution in [0.1, 0.15) is 20.8 Å². The number of carbonyl (C=O) groups excluding carboxylic acids is 1. The smallest absolute Gasteiger partial charge is 0.435 e. The third-order valence-corrected chi connectivity index (χ3v) is 3.12. The van der Waals surface area contributed by atoms with E-state index < -0.39 is 11.7 Å². The molecule has 1 aromatic carbocycles. The highest BCUT2D eigenvalue weighted by atomic mass is 35.5. The van der Waals surface area contributed by atoms with Gasteiger partial charge < -0.3 is 10.1 Å². The summed E-state index contributed by atoms with van der Waals surface area (Å²) in [5.41, 5.74) is 0.784. The summed E-state index contributed by atoms with van der Waals surface area (Å²) in [7, 11) is 0. The van der Waals surface area contributed by atoms with E-state index in [9.17, 15) is 4.79 Å². The fourth-order valence-electron chi connectivity index (χ4n) is 2.03. The first-order valence-electron chi connectivity index (χ1n) is 7.14. The molecule has 0 saturated carbocycles. The Bertz CT molecular complexity index is 902. The van der Waals surface area contributed by atoms with E-state index >= 15 is 0 Å². The Hall–Kier alpha value is -2.74. The van der Waals surface area contributed by atoms with Gasteiger partial charge in [-0.3, -0.25) is 0 Å². The van der Waals surface area contributed by atoms with Gasteiger partial charge in [0, 0.05) is 11.1 Å². The molecule has 3 aromatic rings. The fourth-order valence-corrected chi connectivity index (χ4v) is 2.15. The second-order valence-electron chi connectivity index (χ2n) is 6.01. The Morgan fingerprint density at radius 3 is 2.79 bits per heavy atom. The van der Waals surface area contributed by atoms with Crippen LogP contribution in [0.25, 0.3) is 10.9 Å². The molecule has 0 bridgehead atoms. The average molecular weight is 347 g/mol. The number of hydrogen-bond donors (Lipinski definition) is 1. The Morgan fingerprint density at radius 2 is 2.08 bits per heavy atom. The van der Waals surface area contributed by atoms with Gasteiger partial charge in [0.05, 0.1) is 11.7 Å². The average Bonchev–Trinajstić information content (AvgIpc) is 2.88. The van der Waals surface area contributed by atoms with Gasteiger partial charge in [0.1, 0.15) is 11.9 Å². The van der Waals surface area contributed by atoms with E-state index in [1.165, 1.54) is 11.0 Å². The quantitative estimate of drug-likeness (QED) is 0.759. The zero-order chi connectivity index (χ0) is 17.3. The highest BCUT2D eigenvalue weighted by molar-refractivity contribution is 6.28. The summed E-state index contributed by atoms with van der Waals surface area (Å²) in [6, 6.07) is 5.36. The Balaban J connectivity index is 1.87. The van der Waals surface area contributed by atoms with E-state index in [0.29, 0.717) is 11.5 Å². The predicted octanol–water partition coefficient (Wildman–Crippen LogP) is 3.40. The summed E-state index contributed by atoms with van der Waals surface area (Å²) in [5, 5.41) is 7.98. The molecule has 124 valence electrons. The van der Waals surface area contributed by atoms with Crippen LogP contribution in [0, 0.1) is 0 Å². The summed E-state index contributed by atoms with van der Waals surface area (Å²) < 4.78 is 6.56. The van der Waals surface area contributed by atoms with Crippen LogP contribution in [0.15, 0.2) is 30.7 Å². The topological polar surface area (TPSA) is 94.8 Å². The monoisotopic (exact) mass is 346 g/mol. The predicted molar refractivity (Wildman–Crippen MR) is 89.5 cm³/mol. The first-order valence-corrected chi connectivity index (χ1v) is 7.52. The summed E-state index contributed by atoms with van der Waals surface area (Å²) in [4.78, 5) is 23.8. The summed E-state index contributed by atoms with van der Waals surface area (Å²) in [6.07, 6.45) is 2.38. The molecule has 9 heteroatoms. The van der Waals surface area contributed by atoms with Crippen LogP contribution in [-0.4, -0.2) is 36.4 Å². The molecule has 24 heavy (non-hydrogen) atoms. The van der Waals surface area contributed by atoms with Gasteiger partial charge in [-0.15, -0.1) is 0 Å². The van der Waals surface area contributed by atoms with E-state index in [1.54, 1.807) is 39.1 Å². The fraction of sp³-hybridized carbons (Fsp3) is 0.267. The second-order valence-corrected chi connectivity index (χ2v) is 6.35. The number of nitrogens with zero attached hydrogens (tertiary/aromatic N) is 5. The number of aromatic nitrogens is 5. The van der Waals surface area contributed by atoms with Crippen LogP contribution in [0.5, 0.6) is 0 Å². The van der Waals surface area contributed by atoms with Crippen LogP contribution in [-0.2, 0) is 4.74 Å². The van der Waals surface area contributed by atoms with Crippen molar-refractivity contribution in [1.82, 2.24) is 24.7 Å². The maximum Gasteiger partial charge on any atom is 0.435 e. The van der Waals surface area contributed by atoms with E-state index in [1.807, 2.05) is 6.07 Å². The minimum absolute atomic E-state index is 0.103. The van der Waals surface area contributed by atoms with Crippen molar-refractivity contribution in [2.45, 2.75) is 26.4 Å². The standard InChI is InChI=1S/C15H15ClN6O2/c1-15(2,3)24-14(23)22-11-5-4-10(6-9(11)7-19-22)20-13-18-8-17-12(16)21-13/h4-8H,1-3H3,(H,17,18,20,21). The Kier molecular flexibility index (Phi) is 4.06. The lowest BCUT2D eigenvalue weighted by Gasteiger charge is -2.19. The number of nitrogens with one attached hydrogen (secondary N) is 1. The molecule has 8 nitrogen and oxygen atoms in total. The molecule has 0 saturated heterocycles. The van der Waals surface area contributed by atoms with Crippen molar-refractivity contribution in [2.24, 2.45) is 0 Å². The number of rotatable bonds is 2.